The van der Waals surface area contributed by atoms with Crippen LogP contribution in [-0.2, 0) is 9.59 Å². The molecule has 6 heteroatoms. The van der Waals surface area contributed by atoms with Crippen molar-refractivity contribution in [3.63, 3.8) is 0 Å². The number of thioether (sulfide) groups is 1. The predicted molar refractivity (Wildman–Crippen MR) is 106 cm³/mol. The van der Waals surface area contributed by atoms with Crippen LogP contribution < -0.4 is 10.2 Å². The molecule has 1 saturated heterocycles. The van der Waals surface area contributed by atoms with E-state index in [0.717, 1.165) is 33.2 Å². The van der Waals surface area contributed by atoms with Crippen LogP contribution in [-0.4, -0.2) is 29.6 Å². The van der Waals surface area contributed by atoms with Gasteiger partial charge in [0.2, 0.25) is 11.8 Å². The van der Waals surface area contributed by atoms with Crippen LogP contribution >= 0.6 is 11.8 Å². The van der Waals surface area contributed by atoms with Crippen molar-refractivity contribution in [1.82, 2.24) is 4.98 Å². The summed E-state index contributed by atoms with van der Waals surface area (Å²) in [5.74, 6) is -0.501. The molecule has 0 saturated carbocycles. The van der Waals surface area contributed by atoms with Crippen LogP contribution in [0.3, 0.4) is 0 Å². The van der Waals surface area contributed by atoms with Gasteiger partial charge < -0.3 is 10.2 Å². The second-order valence-corrected chi connectivity index (χ2v) is 7.51. The van der Waals surface area contributed by atoms with Gasteiger partial charge in [-0.3, -0.25) is 14.6 Å². The van der Waals surface area contributed by atoms with E-state index in [9.17, 15) is 9.59 Å². The first-order chi connectivity index (χ1) is 12.4. The number of amides is 2. The molecule has 3 rings (SSSR count). The normalized spacial score (nSPS) is 16.8. The maximum Gasteiger partial charge on any atom is 0.229 e. The summed E-state index contributed by atoms with van der Waals surface area (Å²) in [5, 5.41) is 2.97. The minimum atomic E-state index is -0.358. The Morgan fingerprint density at radius 2 is 1.92 bits per heavy atom. The van der Waals surface area contributed by atoms with Crippen LogP contribution in [0.2, 0.25) is 0 Å². The summed E-state index contributed by atoms with van der Waals surface area (Å²) in [5.41, 5.74) is 4.29. The third kappa shape index (κ3) is 3.75. The number of carbonyl (C=O) groups excluding carboxylic acids is 2. The zero-order valence-corrected chi connectivity index (χ0v) is 16.3. The van der Waals surface area contributed by atoms with Crippen LogP contribution in [0.1, 0.15) is 23.4 Å². The molecule has 26 heavy (non-hydrogen) atoms. The van der Waals surface area contributed by atoms with Gasteiger partial charge >= 0.3 is 0 Å². The van der Waals surface area contributed by atoms with Crippen molar-refractivity contribution in [2.24, 2.45) is 5.92 Å². The topological polar surface area (TPSA) is 62.3 Å². The Bertz CT molecular complexity index is 826. The summed E-state index contributed by atoms with van der Waals surface area (Å²) in [6.07, 6.45) is 2.24. The summed E-state index contributed by atoms with van der Waals surface area (Å²) in [7, 11) is 0. The highest BCUT2D eigenvalue weighted by Gasteiger charge is 2.35. The van der Waals surface area contributed by atoms with E-state index >= 15 is 0 Å². The van der Waals surface area contributed by atoms with Crippen LogP contribution in [0.5, 0.6) is 0 Å². The highest BCUT2D eigenvalue weighted by molar-refractivity contribution is 7.98. The zero-order chi connectivity index (χ0) is 18.8. The number of carbonyl (C=O) groups is 2. The first-order valence-electron chi connectivity index (χ1n) is 8.59. The van der Waals surface area contributed by atoms with E-state index in [1.807, 2.05) is 57.4 Å². The Morgan fingerprint density at radius 1 is 1.23 bits per heavy atom. The number of hydrogen-bond donors (Lipinski definition) is 1. The molecule has 1 fully saturated rings. The van der Waals surface area contributed by atoms with Gasteiger partial charge in [0.05, 0.1) is 17.3 Å². The summed E-state index contributed by atoms with van der Waals surface area (Å²) >= 11 is 1.66. The molecule has 1 aromatic heterocycles. The first-order valence-corrected chi connectivity index (χ1v) is 9.81. The largest absolute Gasteiger partial charge is 0.324 e. The summed E-state index contributed by atoms with van der Waals surface area (Å²) in [4.78, 5) is 32.4. The highest BCUT2D eigenvalue weighted by atomic mass is 32.2. The number of nitrogens with zero attached hydrogens (tertiary/aromatic N) is 2. The number of anilines is 2. The highest BCUT2D eigenvalue weighted by Crippen LogP contribution is 2.28. The molecule has 1 N–H and O–H groups in total. The number of aromatic nitrogens is 1. The predicted octanol–water partition coefficient (Wildman–Crippen LogP) is 3.72. The minimum absolute atomic E-state index is 0.0162. The molecule has 2 amide bonds. The van der Waals surface area contributed by atoms with Crippen LogP contribution in [0, 0.1) is 26.7 Å². The van der Waals surface area contributed by atoms with E-state index in [-0.39, 0.29) is 24.2 Å². The van der Waals surface area contributed by atoms with E-state index in [0.29, 0.717) is 6.54 Å². The van der Waals surface area contributed by atoms with Crippen LogP contribution in [0.25, 0.3) is 0 Å². The summed E-state index contributed by atoms with van der Waals surface area (Å²) < 4.78 is 0. The van der Waals surface area contributed by atoms with Crippen molar-refractivity contribution in [2.45, 2.75) is 32.1 Å². The van der Waals surface area contributed by atoms with Gasteiger partial charge in [-0.25, -0.2) is 0 Å². The van der Waals surface area contributed by atoms with Crippen LogP contribution in [0.15, 0.2) is 35.2 Å². The van der Waals surface area contributed by atoms with Crippen molar-refractivity contribution in [1.29, 1.82) is 0 Å². The van der Waals surface area contributed by atoms with E-state index in [1.54, 1.807) is 16.7 Å². The second kappa shape index (κ2) is 7.50. The maximum absolute atomic E-state index is 12.7. The van der Waals surface area contributed by atoms with Gasteiger partial charge in [0.1, 0.15) is 0 Å². The Labute approximate surface area is 158 Å². The third-order valence-electron chi connectivity index (χ3n) is 4.65. The lowest BCUT2D eigenvalue weighted by atomic mass is 10.1. The van der Waals surface area contributed by atoms with Gasteiger partial charge in [0.25, 0.3) is 0 Å². The Hall–Kier alpha value is -2.34. The van der Waals surface area contributed by atoms with Crippen molar-refractivity contribution in [2.75, 3.05) is 23.0 Å². The first kappa shape index (κ1) is 18.5. The molecule has 1 aliphatic rings. The number of aryl methyl sites for hydroxylation is 3. The fraction of sp³-hybridized carbons (Fsp3) is 0.350. The third-order valence-corrected chi connectivity index (χ3v) is 5.40. The molecule has 2 heterocycles. The lowest BCUT2D eigenvalue weighted by molar-refractivity contribution is -0.122. The number of benzene rings is 1. The molecule has 0 aliphatic carbocycles. The Balaban J connectivity index is 1.73. The van der Waals surface area contributed by atoms with Gasteiger partial charge in [-0.15, -0.1) is 11.8 Å². The lowest BCUT2D eigenvalue weighted by Crippen LogP contribution is -2.28. The quantitative estimate of drug-likeness (QED) is 0.835. The summed E-state index contributed by atoms with van der Waals surface area (Å²) in [6, 6.07) is 9.79. The lowest BCUT2D eigenvalue weighted by Gasteiger charge is -2.18. The SMILES string of the molecule is CSc1ccc(N2CC(C(=O)Nc3c(C)cc(C)nc3C)CC2=O)cc1. The molecule has 0 radical (unpaired) electrons. The molecule has 0 bridgehead atoms. The number of rotatable bonds is 4. The molecule has 5 nitrogen and oxygen atoms in total. The molecule has 2 aromatic rings. The molecule has 1 unspecified atom stereocenters. The number of hydrogen-bond acceptors (Lipinski definition) is 4. The Morgan fingerprint density at radius 3 is 2.54 bits per heavy atom. The summed E-state index contributed by atoms with van der Waals surface area (Å²) in [6.45, 7) is 6.17. The average Bonchev–Trinajstić information content (AvgIpc) is 3.00. The molecule has 1 aromatic carbocycles. The van der Waals surface area contributed by atoms with E-state index in [1.165, 1.54) is 0 Å². The zero-order valence-electron chi connectivity index (χ0n) is 15.5. The van der Waals surface area contributed by atoms with Crippen LogP contribution in [0.4, 0.5) is 11.4 Å². The average molecular weight is 369 g/mol. The molecule has 1 aliphatic heterocycles. The minimum Gasteiger partial charge on any atom is -0.324 e. The molecular weight excluding hydrogens is 346 g/mol. The number of nitrogens with one attached hydrogen (secondary N) is 1. The van der Waals surface area contributed by atoms with E-state index in [4.69, 9.17) is 0 Å². The van der Waals surface area contributed by atoms with Crippen molar-refractivity contribution in [3.05, 3.63) is 47.3 Å². The second-order valence-electron chi connectivity index (χ2n) is 6.63. The van der Waals surface area contributed by atoms with E-state index < -0.39 is 0 Å². The fourth-order valence-electron chi connectivity index (χ4n) is 3.33. The number of pyridine rings is 1. The molecule has 0 spiro atoms. The van der Waals surface area contributed by atoms with Crippen molar-refractivity contribution >= 4 is 35.0 Å². The standard InChI is InChI=1S/C20H23N3O2S/c1-12-9-13(2)21-14(3)19(12)22-20(25)15-10-18(24)23(11-15)16-5-7-17(26-4)8-6-16/h5-9,15H,10-11H2,1-4H3,(H,22,25). The fourth-order valence-corrected chi connectivity index (χ4v) is 3.74. The maximum atomic E-state index is 12.7. The van der Waals surface area contributed by atoms with Gasteiger partial charge in [0.15, 0.2) is 0 Å². The van der Waals surface area contributed by atoms with Gasteiger partial charge in [-0.1, -0.05) is 0 Å². The molecular formula is C20H23N3O2S. The van der Waals surface area contributed by atoms with Gasteiger partial charge in [-0.05, 0) is 62.9 Å². The smallest absolute Gasteiger partial charge is 0.229 e. The molecule has 136 valence electrons. The van der Waals surface area contributed by atoms with Gasteiger partial charge in [-0.2, -0.15) is 0 Å². The van der Waals surface area contributed by atoms with Crippen molar-refractivity contribution in [3.8, 4) is 0 Å². The molecule has 1 atom stereocenters. The van der Waals surface area contributed by atoms with Crippen molar-refractivity contribution < 1.29 is 9.59 Å². The van der Waals surface area contributed by atoms with E-state index in [2.05, 4.69) is 10.3 Å². The van der Waals surface area contributed by atoms with Gasteiger partial charge in [0, 0.05) is 29.2 Å². The monoisotopic (exact) mass is 369 g/mol. The Kier molecular flexibility index (Phi) is 5.32.